The molecule has 1 fully saturated rings. The minimum Gasteiger partial charge on any atom is -0.465 e. The first kappa shape index (κ1) is 26.5. The fourth-order valence-corrected chi connectivity index (χ4v) is 5.01. The monoisotopic (exact) mass is 478 g/mol. The minimum absolute atomic E-state index is 0.171. The van der Waals surface area contributed by atoms with Gasteiger partial charge in [0.15, 0.2) is 5.41 Å². The van der Waals surface area contributed by atoms with Crippen LogP contribution in [0.1, 0.15) is 70.0 Å². The van der Waals surface area contributed by atoms with Crippen LogP contribution in [0.4, 0.5) is 4.79 Å². The molecule has 1 saturated heterocycles. The fourth-order valence-electron chi connectivity index (χ4n) is 5.01. The van der Waals surface area contributed by atoms with E-state index in [1.165, 1.54) is 4.90 Å². The molecule has 0 spiro atoms. The summed E-state index contributed by atoms with van der Waals surface area (Å²) in [4.78, 5) is 44.5. The number of hydrogen-bond acceptors (Lipinski definition) is 4. The lowest BCUT2D eigenvalue weighted by Crippen LogP contribution is -2.52. The molecule has 2 aromatic carbocycles. The second-order valence-electron chi connectivity index (χ2n) is 9.44. The standard InChI is InChI=1S/C29H38N2O4/c1-5-7-8-15-20-29(27(33)35-6-2,21-23-16-11-9-12-17-23)26(32)31-25(22(3)30(4)28(31)34)24-18-13-10-14-19-24/h9-14,16-19,22,25H,5-8,15,20-21H2,1-4H3/t22-,25-,29+/m1/s1. The summed E-state index contributed by atoms with van der Waals surface area (Å²) in [6.07, 6.45) is 4.21. The van der Waals surface area contributed by atoms with Crippen LogP contribution < -0.4 is 0 Å². The Balaban J connectivity index is 2.10. The number of carbonyl (C=O) groups excluding carboxylic acids is 3. The molecular formula is C29H38N2O4. The van der Waals surface area contributed by atoms with Crippen molar-refractivity contribution in [1.29, 1.82) is 0 Å². The molecule has 3 atom stereocenters. The van der Waals surface area contributed by atoms with Gasteiger partial charge < -0.3 is 9.64 Å². The average Bonchev–Trinajstić information content (AvgIpc) is 3.10. The maximum absolute atomic E-state index is 14.5. The topological polar surface area (TPSA) is 66.9 Å². The molecule has 35 heavy (non-hydrogen) atoms. The second kappa shape index (κ2) is 12.0. The second-order valence-corrected chi connectivity index (χ2v) is 9.44. The predicted octanol–water partition coefficient (Wildman–Crippen LogP) is 5.77. The van der Waals surface area contributed by atoms with Crippen LogP contribution in [0.25, 0.3) is 0 Å². The number of carbonyl (C=O) groups is 3. The molecule has 0 unspecified atom stereocenters. The number of benzene rings is 2. The van der Waals surface area contributed by atoms with E-state index in [1.807, 2.05) is 67.6 Å². The fraction of sp³-hybridized carbons (Fsp3) is 0.483. The molecule has 3 amide bonds. The van der Waals surface area contributed by atoms with Crippen LogP contribution in [0, 0.1) is 5.41 Å². The number of unbranched alkanes of at least 4 members (excludes halogenated alkanes) is 3. The first-order chi connectivity index (χ1) is 16.9. The lowest BCUT2D eigenvalue weighted by molar-refractivity contribution is -0.165. The van der Waals surface area contributed by atoms with E-state index in [0.29, 0.717) is 12.8 Å². The van der Waals surface area contributed by atoms with E-state index in [9.17, 15) is 14.4 Å². The quantitative estimate of drug-likeness (QED) is 0.233. The summed E-state index contributed by atoms with van der Waals surface area (Å²) in [5, 5.41) is 0. The third-order valence-corrected chi connectivity index (χ3v) is 7.10. The molecule has 1 aliphatic rings. The number of likely N-dealkylation sites (N-methyl/N-ethyl adjacent to an activating group) is 1. The van der Waals surface area contributed by atoms with Crippen LogP contribution in [0.3, 0.4) is 0 Å². The molecule has 2 aromatic rings. The summed E-state index contributed by atoms with van der Waals surface area (Å²) in [7, 11) is 1.71. The number of ether oxygens (including phenoxy) is 1. The summed E-state index contributed by atoms with van der Waals surface area (Å²) in [5.74, 6) is -1.02. The van der Waals surface area contributed by atoms with Crippen molar-refractivity contribution < 1.29 is 19.1 Å². The number of urea groups is 1. The van der Waals surface area contributed by atoms with Crippen molar-refractivity contribution in [1.82, 2.24) is 9.80 Å². The molecule has 1 heterocycles. The zero-order valence-corrected chi connectivity index (χ0v) is 21.4. The summed E-state index contributed by atoms with van der Waals surface area (Å²) >= 11 is 0. The van der Waals surface area contributed by atoms with Crippen LogP contribution in [0.5, 0.6) is 0 Å². The number of amides is 3. The lowest BCUT2D eigenvalue weighted by atomic mass is 9.75. The van der Waals surface area contributed by atoms with Crippen LogP contribution in [-0.2, 0) is 20.7 Å². The van der Waals surface area contributed by atoms with Crippen molar-refractivity contribution in [2.24, 2.45) is 5.41 Å². The molecule has 0 bridgehead atoms. The van der Waals surface area contributed by atoms with Gasteiger partial charge in [0.25, 0.3) is 0 Å². The molecule has 0 N–H and O–H groups in total. The van der Waals surface area contributed by atoms with E-state index in [-0.39, 0.29) is 25.1 Å². The smallest absolute Gasteiger partial charge is 0.327 e. The maximum Gasteiger partial charge on any atom is 0.327 e. The lowest BCUT2D eigenvalue weighted by Gasteiger charge is -2.35. The van der Waals surface area contributed by atoms with Gasteiger partial charge in [-0.3, -0.25) is 14.5 Å². The Kier molecular flexibility index (Phi) is 9.07. The Morgan fingerprint density at radius 3 is 2.17 bits per heavy atom. The Morgan fingerprint density at radius 1 is 0.943 bits per heavy atom. The predicted molar refractivity (Wildman–Crippen MR) is 137 cm³/mol. The third kappa shape index (κ3) is 5.58. The van der Waals surface area contributed by atoms with Gasteiger partial charge in [0.05, 0.1) is 18.7 Å². The van der Waals surface area contributed by atoms with Crippen LogP contribution in [-0.4, -0.2) is 47.4 Å². The first-order valence-corrected chi connectivity index (χ1v) is 12.7. The van der Waals surface area contributed by atoms with Crippen molar-refractivity contribution in [2.45, 2.75) is 71.4 Å². The molecule has 1 aliphatic heterocycles. The van der Waals surface area contributed by atoms with E-state index in [1.54, 1.807) is 18.9 Å². The molecule has 188 valence electrons. The highest BCUT2D eigenvalue weighted by molar-refractivity contribution is 6.09. The summed E-state index contributed by atoms with van der Waals surface area (Å²) in [6, 6.07) is 18.0. The van der Waals surface area contributed by atoms with Gasteiger partial charge in [-0.15, -0.1) is 0 Å². The van der Waals surface area contributed by atoms with Gasteiger partial charge in [0.2, 0.25) is 5.91 Å². The maximum atomic E-state index is 14.5. The van der Waals surface area contributed by atoms with Crippen LogP contribution in [0.2, 0.25) is 0 Å². The van der Waals surface area contributed by atoms with Gasteiger partial charge in [-0.05, 0) is 37.8 Å². The largest absolute Gasteiger partial charge is 0.465 e. The number of esters is 1. The van der Waals surface area contributed by atoms with E-state index >= 15 is 0 Å². The van der Waals surface area contributed by atoms with Crippen molar-refractivity contribution in [2.75, 3.05) is 13.7 Å². The Morgan fingerprint density at radius 2 is 1.57 bits per heavy atom. The number of nitrogens with zero attached hydrogens (tertiary/aromatic N) is 2. The van der Waals surface area contributed by atoms with Crippen molar-refractivity contribution in [3.05, 3.63) is 71.8 Å². The van der Waals surface area contributed by atoms with Gasteiger partial charge in [-0.2, -0.15) is 0 Å². The number of imide groups is 1. The van der Waals surface area contributed by atoms with E-state index < -0.39 is 23.3 Å². The first-order valence-electron chi connectivity index (χ1n) is 12.7. The van der Waals surface area contributed by atoms with E-state index in [0.717, 1.165) is 30.4 Å². The average molecular weight is 479 g/mol. The number of hydrogen-bond donors (Lipinski definition) is 0. The highest BCUT2D eigenvalue weighted by Crippen LogP contribution is 2.41. The Labute approximate surface area is 209 Å². The van der Waals surface area contributed by atoms with E-state index in [4.69, 9.17) is 4.74 Å². The third-order valence-electron chi connectivity index (χ3n) is 7.10. The van der Waals surface area contributed by atoms with Crippen LogP contribution >= 0.6 is 0 Å². The van der Waals surface area contributed by atoms with Crippen LogP contribution in [0.15, 0.2) is 60.7 Å². The Hall–Kier alpha value is -3.15. The van der Waals surface area contributed by atoms with Crippen molar-refractivity contribution in [3.8, 4) is 0 Å². The molecule has 3 rings (SSSR count). The van der Waals surface area contributed by atoms with Crippen molar-refractivity contribution >= 4 is 17.9 Å². The van der Waals surface area contributed by atoms with Gasteiger partial charge in [0, 0.05) is 7.05 Å². The molecule has 0 aromatic heterocycles. The highest BCUT2D eigenvalue weighted by Gasteiger charge is 2.55. The van der Waals surface area contributed by atoms with Gasteiger partial charge >= 0.3 is 12.0 Å². The highest BCUT2D eigenvalue weighted by atomic mass is 16.5. The zero-order chi connectivity index (χ0) is 25.4. The molecular weight excluding hydrogens is 440 g/mol. The molecule has 0 aliphatic carbocycles. The van der Waals surface area contributed by atoms with E-state index in [2.05, 4.69) is 6.92 Å². The summed E-state index contributed by atoms with van der Waals surface area (Å²) < 4.78 is 5.54. The number of rotatable bonds is 11. The van der Waals surface area contributed by atoms with Gasteiger partial charge in [-0.25, -0.2) is 4.79 Å². The Bertz CT molecular complexity index is 994. The van der Waals surface area contributed by atoms with Crippen molar-refractivity contribution in [3.63, 3.8) is 0 Å². The van der Waals surface area contributed by atoms with Gasteiger partial charge in [0.1, 0.15) is 0 Å². The zero-order valence-electron chi connectivity index (χ0n) is 21.4. The molecule has 6 nitrogen and oxygen atoms in total. The normalized spacial score (nSPS) is 19.5. The molecule has 0 saturated carbocycles. The SMILES string of the molecule is CCCCCC[C@@](Cc1ccccc1)(C(=O)OCC)C(=O)N1C(=O)N(C)[C@H](C)[C@@H]1c1ccccc1. The molecule has 6 heteroatoms. The minimum atomic E-state index is -1.47. The molecule has 0 radical (unpaired) electrons. The summed E-state index contributed by atoms with van der Waals surface area (Å²) in [6.45, 7) is 5.98. The van der Waals surface area contributed by atoms with Gasteiger partial charge in [-0.1, -0.05) is 93.3 Å². The summed E-state index contributed by atoms with van der Waals surface area (Å²) in [5.41, 5.74) is 0.266.